The van der Waals surface area contributed by atoms with Gasteiger partial charge in [-0.1, -0.05) is 38.1 Å². The first-order chi connectivity index (χ1) is 14.9. The first-order valence-corrected chi connectivity index (χ1v) is 10.8. The highest BCUT2D eigenvalue weighted by molar-refractivity contribution is 5.95. The third-order valence-corrected chi connectivity index (χ3v) is 5.83. The summed E-state index contributed by atoms with van der Waals surface area (Å²) >= 11 is 0. The summed E-state index contributed by atoms with van der Waals surface area (Å²) in [5, 5.41) is 3.07. The van der Waals surface area contributed by atoms with Crippen LogP contribution < -0.4 is 14.8 Å². The second-order valence-electron chi connectivity index (χ2n) is 8.37. The summed E-state index contributed by atoms with van der Waals surface area (Å²) in [5.41, 5.74) is 1.54. The molecule has 1 saturated heterocycles. The minimum absolute atomic E-state index is 0.0214. The molecule has 0 aromatic heterocycles. The number of nitrogens with zero attached hydrogens (tertiary/aromatic N) is 1. The largest absolute Gasteiger partial charge is 0.497 e. The summed E-state index contributed by atoms with van der Waals surface area (Å²) in [6.07, 6.45) is 0.918. The molecule has 1 fully saturated rings. The van der Waals surface area contributed by atoms with Crippen molar-refractivity contribution in [1.82, 2.24) is 10.2 Å². The number of methoxy groups -OCH3 is 2. The predicted octanol–water partition coefficient (Wildman–Crippen LogP) is 3.72. The van der Waals surface area contributed by atoms with Gasteiger partial charge in [-0.3, -0.25) is 9.59 Å². The van der Waals surface area contributed by atoms with Crippen molar-refractivity contribution in [1.29, 1.82) is 0 Å². The SMILES string of the molecule is COc1ccc([C@@H]2CN(C(=O)c3ccccc3)C[C@H]2C(=O)NCCC(C)C)c(OC)c1. The normalized spacial score (nSPS) is 18.2. The average molecular weight is 425 g/mol. The van der Waals surface area contributed by atoms with Gasteiger partial charge in [-0.15, -0.1) is 0 Å². The van der Waals surface area contributed by atoms with E-state index in [0.717, 1.165) is 12.0 Å². The van der Waals surface area contributed by atoms with Gasteiger partial charge in [0.25, 0.3) is 5.91 Å². The highest BCUT2D eigenvalue weighted by atomic mass is 16.5. The molecule has 2 amide bonds. The molecule has 6 nitrogen and oxygen atoms in total. The topological polar surface area (TPSA) is 67.9 Å². The van der Waals surface area contributed by atoms with E-state index in [-0.39, 0.29) is 23.7 Å². The van der Waals surface area contributed by atoms with Gasteiger partial charge in [0.2, 0.25) is 5.91 Å². The number of rotatable bonds is 8. The molecule has 1 heterocycles. The van der Waals surface area contributed by atoms with E-state index in [2.05, 4.69) is 19.2 Å². The fourth-order valence-electron chi connectivity index (χ4n) is 4.05. The summed E-state index contributed by atoms with van der Waals surface area (Å²) in [5.74, 6) is 1.28. The maximum absolute atomic E-state index is 13.1. The zero-order valence-electron chi connectivity index (χ0n) is 18.8. The van der Waals surface area contributed by atoms with Gasteiger partial charge >= 0.3 is 0 Å². The van der Waals surface area contributed by atoms with E-state index in [4.69, 9.17) is 9.47 Å². The number of ether oxygens (including phenoxy) is 2. The van der Waals surface area contributed by atoms with Crippen molar-refractivity contribution in [2.45, 2.75) is 26.2 Å². The second-order valence-corrected chi connectivity index (χ2v) is 8.37. The van der Waals surface area contributed by atoms with Gasteiger partial charge in [0.05, 0.1) is 20.1 Å². The third kappa shape index (κ3) is 5.37. The van der Waals surface area contributed by atoms with Crippen LogP contribution in [-0.2, 0) is 4.79 Å². The monoisotopic (exact) mass is 424 g/mol. The molecule has 166 valence electrons. The third-order valence-electron chi connectivity index (χ3n) is 5.83. The number of benzene rings is 2. The number of carbonyl (C=O) groups excluding carboxylic acids is 2. The van der Waals surface area contributed by atoms with Gasteiger partial charge in [-0.25, -0.2) is 0 Å². The molecule has 0 aliphatic carbocycles. The van der Waals surface area contributed by atoms with Crippen molar-refractivity contribution in [3.05, 3.63) is 59.7 Å². The number of amides is 2. The Kier molecular flexibility index (Phi) is 7.55. The van der Waals surface area contributed by atoms with Crippen LogP contribution in [0.4, 0.5) is 0 Å². The van der Waals surface area contributed by atoms with Crippen molar-refractivity contribution in [3.8, 4) is 11.5 Å². The molecule has 0 radical (unpaired) electrons. The van der Waals surface area contributed by atoms with Crippen molar-refractivity contribution in [3.63, 3.8) is 0 Å². The first-order valence-electron chi connectivity index (χ1n) is 10.8. The van der Waals surface area contributed by atoms with E-state index in [0.29, 0.717) is 42.6 Å². The van der Waals surface area contributed by atoms with Gasteiger partial charge in [0.15, 0.2) is 0 Å². The summed E-state index contributed by atoms with van der Waals surface area (Å²) in [4.78, 5) is 28.0. The Hall–Kier alpha value is -3.02. The summed E-state index contributed by atoms with van der Waals surface area (Å²) in [7, 11) is 3.22. The number of carbonyl (C=O) groups is 2. The second kappa shape index (κ2) is 10.3. The van der Waals surface area contributed by atoms with Crippen LogP contribution in [-0.4, -0.2) is 50.6 Å². The van der Waals surface area contributed by atoms with Crippen molar-refractivity contribution in [2.75, 3.05) is 33.9 Å². The Morgan fingerprint density at radius 1 is 1.06 bits per heavy atom. The summed E-state index contributed by atoms with van der Waals surface area (Å²) in [6, 6.07) is 14.8. The highest BCUT2D eigenvalue weighted by Gasteiger charge is 2.41. The summed E-state index contributed by atoms with van der Waals surface area (Å²) < 4.78 is 10.9. The lowest BCUT2D eigenvalue weighted by molar-refractivity contribution is -0.124. The van der Waals surface area contributed by atoms with Crippen LogP contribution in [0.25, 0.3) is 0 Å². The van der Waals surface area contributed by atoms with Crippen LogP contribution in [0.3, 0.4) is 0 Å². The van der Waals surface area contributed by atoms with E-state index >= 15 is 0 Å². The number of hydrogen-bond donors (Lipinski definition) is 1. The fourth-order valence-corrected chi connectivity index (χ4v) is 4.05. The number of likely N-dealkylation sites (tertiary alicyclic amines) is 1. The lowest BCUT2D eigenvalue weighted by Crippen LogP contribution is -2.36. The van der Waals surface area contributed by atoms with Gasteiger partial charge in [-0.2, -0.15) is 0 Å². The molecule has 0 saturated carbocycles. The van der Waals surface area contributed by atoms with Crippen LogP contribution in [0, 0.1) is 11.8 Å². The van der Waals surface area contributed by atoms with Crippen LogP contribution >= 0.6 is 0 Å². The lowest BCUT2D eigenvalue weighted by atomic mass is 9.87. The maximum atomic E-state index is 13.1. The van der Waals surface area contributed by atoms with Crippen LogP contribution in [0.1, 0.15) is 42.1 Å². The van der Waals surface area contributed by atoms with Crippen LogP contribution in [0.5, 0.6) is 11.5 Å². The molecule has 2 aromatic rings. The Labute approximate surface area is 184 Å². The van der Waals surface area contributed by atoms with Gasteiger partial charge in [0.1, 0.15) is 11.5 Å². The minimum atomic E-state index is -0.345. The zero-order valence-corrected chi connectivity index (χ0v) is 18.8. The lowest BCUT2D eigenvalue weighted by Gasteiger charge is -2.21. The van der Waals surface area contributed by atoms with Crippen LogP contribution in [0.15, 0.2) is 48.5 Å². The molecule has 0 bridgehead atoms. The molecule has 31 heavy (non-hydrogen) atoms. The average Bonchev–Trinajstić information content (AvgIpc) is 3.23. The van der Waals surface area contributed by atoms with Gasteiger partial charge in [-0.05, 0) is 30.5 Å². The first kappa shape index (κ1) is 22.7. The van der Waals surface area contributed by atoms with Crippen molar-refractivity contribution < 1.29 is 19.1 Å². The molecular weight excluding hydrogens is 392 g/mol. The molecular formula is C25H32N2O4. The van der Waals surface area contributed by atoms with Crippen molar-refractivity contribution in [2.24, 2.45) is 11.8 Å². The Morgan fingerprint density at radius 3 is 2.45 bits per heavy atom. The Balaban J connectivity index is 1.88. The van der Waals surface area contributed by atoms with E-state index in [1.54, 1.807) is 31.3 Å². The van der Waals surface area contributed by atoms with E-state index < -0.39 is 0 Å². The Bertz CT molecular complexity index is 898. The predicted molar refractivity (Wildman–Crippen MR) is 121 cm³/mol. The van der Waals surface area contributed by atoms with Gasteiger partial charge in [0, 0.05) is 42.7 Å². The molecule has 0 unspecified atom stereocenters. The van der Waals surface area contributed by atoms with Gasteiger partial charge < -0.3 is 19.7 Å². The molecule has 1 aliphatic rings. The maximum Gasteiger partial charge on any atom is 0.253 e. The molecule has 0 spiro atoms. The van der Waals surface area contributed by atoms with Crippen LogP contribution in [0.2, 0.25) is 0 Å². The van der Waals surface area contributed by atoms with E-state index in [1.165, 1.54) is 0 Å². The number of hydrogen-bond acceptors (Lipinski definition) is 4. The molecule has 1 N–H and O–H groups in total. The Morgan fingerprint density at radius 2 is 1.81 bits per heavy atom. The summed E-state index contributed by atoms with van der Waals surface area (Å²) in [6.45, 7) is 5.73. The van der Waals surface area contributed by atoms with E-state index in [9.17, 15) is 9.59 Å². The molecule has 3 rings (SSSR count). The fraction of sp³-hybridized carbons (Fsp3) is 0.440. The molecule has 2 aromatic carbocycles. The van der Waals surface area contributed by atoms with Crippen molar-refractivity contribution >= 4 is 11.8 Å². The quantitative estimate of drug-likeness (QED) is 0.701. The minimum Gasteiger partial charge on any atom is -0.497 e. The van der Waals surface area contributed by atoms with E-state index in [1.807, 2.05) is 36.4 Å². The zero-order chi connectivity index (χ0) is 22.4. The molecule has 2 atom stereocenters. The molecule has 6 heteroatoms. The number of nitrogens with one attached hydrogen (secondary N) is 1. The standard InChI is InChI=1S/C25H32N2O4/c1-17(2)12-13-26-24(28)22-16-27(25(29)18-8-6-5-7-9-18)15-21(22)20-11-10-19(30-3)14-23(20)31-4/h5-11,14,17,21-22H,12-13,15-16H2,1-4H3,(H,26,28)/t21-,22+/m0/s1. The highest BCUT2D eigenvalue weighted by Crippen LogP contribution is 2.39. The molecule has 1 aliphatic heterocycles. The smallest absolute Gasteiger partial charge is 0.253 e.